The van der Waals surface area contributed by atoms with Gasteiger partial charge in [-0.05, 0) is 13.8 Å². The summed E-state index contributed by atoms with van der Waals surface area (Å²) in [5.41, 5.74) is 6.71. The maximum Gasteiger partial charge on any atom is 0.167 e. The van der Waals surface area contributed by atoms with Gasteiger partial charge in [0.1, 0.15) is 0 Å². The largest absolute Gasteiger partial charge is 0.494 e. The van der Waals surface area contributed by atoms with Crippen molar-refractivity contribution in [2.75, 3.05) is 31.3 Å². The summed E-state index contributed by atoms with van der Waals surface area (Å²) in [5.74, 6) is -0.292. The minimum Gasteiger partial charge on any atom is -0.494 e. The van der Waals surface area contributed by atoms with Crippen LogP contribution in [0.1, 0.15) is 13.8 Å². The van der Waals surface area contributed by atoms with Gasteiger partial charge in [-0.2, -0.15) is 0 Å². The van der Waals surface area contributed by atoms with E-state index in [-0.39, 0.29) is 11.9 Å². The summed E-state index contributed by atoms with van der Waals surface area (Å²) < 4.78 is 23.6. The summed E-state index contributed by atoms with van der Waals surface area (Å²) in [4.78, 5) is 0. The van der Waals surface area contributed by atoms with Gasteiger partial charge >= 0.3 is 0 Å². The Morgan fingerprint density at radius 3 is 2.76 bits per heavy atom. The topological polar surface area (TPSA) is 56.5 Å². The number of rotatable bonds is 6. The van der Waals surface area contributed by atoms with Crippen molar-refractivity contribution < 1.29 is 13.9 Å². The fourth-order valence-electron chi connectivity index (χ4n) is 1.48. The monoisotopic (exact) mass is 242 g/mol. The Balaban J connectivity index is 2.70. The SMILES string of the molecule is CCOC(C)CNc1cc(OC)c(F)cc1N. The van der Waals surface area contributed by atoms with Gasteiger partial charge in [0.15, 0.2) is 11.6 Å². The van der Waals surface area contributed by atoms with Crippen molar-refractivity contribution in [1.82, 2.24) is 0 Å². The van der Waals surface area contributed by atoms with Crippen molar-refractivity contribution in [3.8, 4) is 5.75 Å². The molecule has 1 atom stereocenters. The van der Waals surface area contributed by atoms with Gasteiger partial charge in [-0.3, -0.25) is 0 Å². The van der Waals surface area contributed by atoms with Crippen molar-refractivity contribution in [2.24, 2.45) is 0 Å². The zero-order chi connectivity index (χ0) is 12.8. The lowest BCUT2D eigenvalue weighted by Crippen LogP contribution is -2.20. The standard InChI is InChI=1S/C12H19FN2O2/c1-4-17-8(2)7-15-11-6-12(16-3)9(13)5-10(11)14/h5-6,8,15H,4,7,14H2,1-3H3. The summed E-state index contributed by atoms with van der Waals surface area (Å²) in [7, 11) is 1.42. The number of nitrogens with two attached hydrogens (primary N) is 1. The van der Waals surface area contributed by atoms with E-state index in [1.807, 2.05) is 13.8 Å². The Hall–Kier alpha value is -1.49. The number of benzene rings is 1. The molecule has 0 aliphatic carbocycles. The van der Waals surface area contributed by atoms with E-state index in [1.54, 1.807) is 6.07 Å². The van der Waals surface area contributed by atoms with E-state index < -0.39 is 5.82 Å². The average Bonchev–Trinajstić information content (AvgIpc) is 2.28. The molecule has 96 valence electrons. The molecular formula is C12H19FN2O2. The van der Waals surface area contributed by atoms with Crippen molar-refractivity contribution in [1.29, 1.82) is 0 Å². The molecule has 1 rings (SSSR count). The van der Waals surface area contributed by atoms with Crippen LogP contribution in [0.25, 0.3) is 0 Å². The van der Waals surface area contributed by atoms with Crippen molar-refractivity contribution >= 4 is 11.4 Å². The molecule has 0 heterocycles. The van der Waals surface area contributed by atoms with Crippen LogP contribution in [0.2, 0.25) is 0 Å². The van der Waals surface area contributed by atoms with E-state index in [0.717, 1.165) is 0 Å². The highest BCUT2D eigenvalue weighted by atomic mass is 19.1. The lowest BCUT2D eigenvalue weighted by Gasteiger charge is -2.15. The Morgan fingerprint density at radius 2 is 2.18 bits per heavy atom. The van der Waals surface area contributed by atoms with Crippen LogP contribution in [0.15, 0.2) is 12.1 Å². The number of nitrogens with one attached hydrogen (secondary N) is 1. The Morgan fingerprint density at radius 1 is 1.47 bits per heavy atom. The Labute approximate surface area is 101 Å². The summed E-state index contributed by atoms with van der Waals surface area (Å²) >= 11 is 0. The lowest BCUT2D eigenvalue weighted by molar-refractivity contribution is 0.0855. The number of hydrogen-bond acceptors (Lipinski definition) is 4. The zero-order valence-electron chi connectivity index (χ0n) is 10.4. The number of ether oxygens (including phenoxy) is 2. The number of halogens is 1. The maximum atomic E-state index is 13.3. The number of anilines is 2. The third-order valence-corrected chi connectivity index (χ3v) is 2.36. The molecule has 0 saturated carbocycles. The van der Waals surface area contributed by atoms with Crippen molar-refractivity contribution in [3.63, 3.8) is 0 Å². The third kappa shape index (κ3) is 3.78. The van der Waals surface area contributed by atoms with E-state index in [9.17, 15) is 4.39 Å². The fourth-order valence-corrected chi connectivity index (χ4v) is 1.48. The first-order chi connectivity index (χ1) is 8.08. The van der Waals surface area contributed by atoms with E-state index in [0.29, 0.717) is 24.5 Å². The first-order valence-corrected chi connectivity index (χ1v) is 5.57. The molecule has 0 spiro atoms. The first-order valence-electron chi connectivity index (χ1n) is 5.57. The van der Waals surface area contributed by atoms with Crippen molar-refractivity contribution in [3.05, 3.63) is 17.9 Å². The predicted molar refractivity (Wildman–Crippen MR) is 66.9 cm³/mol. The highest BCUT2D eigenvalue weighted by Crippen LogP contribution is 2.27. The quantitative estimate of drug-likeness (QED) is 0.751. The molecule has 0 fully saturated rings. The highest BCUT2D eigenvalue weighted by molar-refractivity contribution is 5.68. The van der Waals surface area contributed by atoms with E-state index in [1.165, 1.54) is 13.2 Å². The van der Waals surface area contributed by atoms with Gasteiger partial charge in [0.05, 0.1) is 24.6 Å². The van der Waals surface area contributed by atoms with E-state index in [4.69, 9.17) is 15.2 Å². The van der Waals surface area contributed by atoms with Crippen LogP contribution >= 0.6 is 0 Å². The van der Waals surface area contributed by atoms with Gasteiger partial charge in [0.2, 0.25) is 0 Å². The number of nitrogen functional groups attached to an aromatic ring is 1. The molecule has 1 unspecified atom stereocenters. The van der Waals surface area contributed by atoms with Gasteiger partial charge in [0, 0.05) is 25.3 Å². The van der Waals surface area contributed by atoms with Crippen molar-refractivity contribution in [2.45, 2.75) is 20.0 Å². The van der Waals surface area contributed by atoms with Crippen LogP contribution in [0.3, 0.4) is 0 Å². The number of hydrogen-bond donors (Lipinski definition) is 2. The summed E-state index contributed by atoms with van der Waals surface area (Å²) in [5, 5.41) is 3.10. The van der Waals surface area contributed by atoms with Crippen LogP contribution in [0.5, 0.6) is 5.75 Å². The van der Waals surface area contributed by atoms with Crippen LogP contribution < -0.4 is 15.8 Å². The molecule has 0 aromatic heterocycles. The molecule has 0 aliphatic heterocycles. The van der Waals surface area contributed by atoms with Crippen LogP contribution in [0.4, 0.5) is 15.8 Å². The molecule has 1 aromatic carbocycles. The Bertz CT molecular complexity index is 372. The fraction of sp³-hybridized carbons (Fsp3) is 0.500. The van der Waals surface area contributed by atoms with Gasteiger partial charge in [-0.1, -0.05) is 0 Å². The van der Waals surface area contributed by atoms with Gasteiger partial charge in [-0.25, -0.2) is 4.39 Å². The second-order valence-corrected chi connectivity index (χ2v) is 3.72. The summed E-state index contributed by atoms with van der Waals surface area (Å²) in [6.45, 7) is 5.15. The summed E-state index contributed by atoms with van der Waals surface area (Å²) in [6.07, 6.45) is 0.0652. The first kappa shape index (κ1) is 13.6. The maximum absolute atomic E-state index is 13.3. The van der Waals surface area contributed by atoms with Crippen LogP contribution in [0, 0.1) is 5.82 Å². The minimum absolute atomic E-state index is 0.0652. The van der Waals surface area contributed by atoms with E-state index in [2.05, 4.69) is 5.32 Å². The zero-order valence-corrected chi connectivity index (χ0v) is 10.4. The lowest BCUT2D eigenvalue weighted by atomic mass is 10.2. The molecule has 0 saturated heterocycles. The molecule has 17 heavy (non-hydrogen) atoms. The summed E-state index contributed by atoms with van der Waals surface area (Å²) in [6, 6.07) is 2.79. The molecular weight excluding hydrogens is 223 g/mol. The second kappa shape index (κ2) is 6.30. The molecule has 0 bridgehead atoms. The van der Waals surface area contributed by atoms with Crippen LogP contribution in [-0.2, 0) is 4.74 Å². The molecule has 5 heteroatoms. The van der Waals surface area contributed by atoms with E-state index >= 15 is 0 Å². The smallest absolute Gasteiger partial charge is 0.167 e. The molecule has 4 nitrogen and oxygen atoms in total. The minimum atomic E-state index is -0.464. The molecule has 1 aromatic rings. The van der Waals surface area contributed by atoms with Gasteiger partial charge in [-0.15, -0.1) is 0 Å². The van der Waals surface area contributed by atoms with Crippen LogP contribution in [-0.4, -0.2) is 26.4 Å². The number of methoxy groups -OCH3 is 1. The normalized spacial score (nSPS) is 12.2. The molecule has 0 aliphatic rings. The predicted octanol–water partition coefficient (Wildman–Crippen LogP) is 2.25. The van der Waals surface area contributed by atoms with Gasteiger partial charge in [0.25, 0.3) is 0 Å². The third-order valence-electron chi connectivity index (χ3n) is 2.36. The average molecular weight is 242 g/mol. The molecule has 0 amide bonds. The highest BCUT2D eigenvalue weighted by Gasteiger charge is 2.09. The molecule has 3 N–H and O–H groups in total. The second-order valence-electron chi connectivity index (χ2n) is 3.72. The Kier molecular flexibility index (Phi) is 5.03. The molecule has 0 radical (unpaired) electrons. The van der Waals surface area contributed by atoms with Gasteiger partial charge < -0.3 is 20.5 Å².